The van der Waals surface area contributed by atoms with Crippen LogP contribution in [0.3, 0.4) is 0 Å². The third-order valence-corrected chi connectivity index (χ3v) is 4.21. The summed E-state index contributed by atoms with van der Waals surface area (Å²) in [6.45, 7) is 0.501. The number of carbonyl (C=O) groups excluding carboxylic acids is 1. The first-order valence-corrected chi connectivity index (χ1v) is 7.46. The highest BCUT2D eigenvalue weighted by Crippen LogP contribution is 2.28. The first-order valence-electron chi connectivity index (χ1n) is 6.66. The molecule has 5 nitrogen and oxygen atoms in total. The van der Waals surface area contributed by atoms with Gasteiger partial charge in [-0.15, -0.1) is 0 Å². The first-order chi connectivity index (χ1) is 9.60. The minimum Gasteiger partial charge on any atom is -0.495 e. The lowest BCUT2D eigenvalue weighted by Gasteiger charge is -2.15. The van der Waals surface area contributed by atoms with Gasteiger partial charge in [-0.2, -0.15) is 0 Å². The van der Waals surface area contributed by atoms with E-state index in [0.717, 1.165) is 23.7 Å². The van der Waals surface area contributed by atoms with E-state index in [1.54, 1.807) is 19.2 Å². The van der Waals surface area contributed by atoms with Gasteiger partial charge >= 0.3 is 6.03 Å². The average Bonchev–Trinajstić information content (AvgIpc) is 2.84. The predicted molar refractivity (Wildman–Crippen MR) is 81.1 cm³/mol. The Kier molecular flexibility index (Phi) is 5.25. The quantitative estimate of drug-likeness (QED) is 0.787. The van der Waals surface area contributed by atoms with Gasteiger partial charge in [0.05, 0.1) is 17.7 Å². The molecule has 0 aliphatic heterocycles. The molecule has 1 aromatic carbocycles. The molecular formula is C14H19BrN2O3. The second kappa shape index (κ2) is 6.95. The Morgan fingerprint density at radius 3 is 2.95 bits per heavy atom. The normalized spacial score (nSPS) is 21.6. The number of ether oxygens (including phenoxy) is 1. The van der Waals surface area contributed by atoms with Crippen LogP contribution in [0.2, 0.25) is 0 Å². The van der Waals surface area contributed by atoms with Crippen molar-refractivity contribution >= 4 is 27.6 Å². The van der Waals surface area contributed by atoms with Gasteiger partial charge in [-0.1, -0.05) is 6.42 Å². The van der Waals surface area contributed by atoms with Crippen molar-refractivity contribution in [3.8, 4) is 5.75 Å². The van der Waals surface area contributed by atoms with Gasteiger partial charge in [0.15, 0.2) is 0 Å². The van der Waals surface area contributed by atoms with Gasteiger partial charge in [0, 0.05) is 24.2 Å². The zero-order valence-electron chi connectivity index (χ0n) is 11.4. The summed E-state index contributed by atoms with van der Waals surface area (Å²) in [5.41, 5.74) is 0.662. The fourth-order valence-electron chi connectivity index (χ4n) is 2.39. The van der Waals surface area contributed by atoms with Gasteiger partial charge in [-0.3, -0.25) is 0 Å². The van der Waals surface area contributed by atoms with E-state index in [4.69, 9.17) is 4.74 Å². The van der Waals surface area contributed by atoms with Crippen LogP contribution < -0.4 is 15.4 Å². The van der Waals surface area contributed by atoms with Crippen LogP contribution in [0, 0.1) is 5.92 Å². The third kappa shape index (κ3) is 3.86. The van der Waals surface area contributed by atoms with Crippen molar-refractivity contribution in [1.82, 2.24) is 5.32 Å². The molecule has 0 heterocycles. The number of hydrogen-bond donors (Lipinski definition) is 3. The topological polar surface area (TPSA) is 70.6 Å². The zero-order chi connectivity index (χ0) is 14.5. The molecule has 2 rings (SSSR count). The number of amides is 2. The maximum Gasteiger partial charge on any atom is 0.319 e. The number of urea groups is 1. The van der Waals surface area contributed by atoms with Crippen molar-refractivity contribution in [2.75, 3.05) is 19.0 Å². The summed E-state index contributed by atoms with van der Waals surface area (Å²) in [5, 5.41) is 15.2. The lowest BCUT2D eigenvalue weighted by Crippen LogP contribution is -2.35. The molecule has 1 fully saturated rings. The molecule has 0 spiro atoms. The van der Waals surface area contributed by atoms with E-state index in [0.29, 0.717) is 18.0 Å². The second-order valence-corrected chi connectivity index (χ2v) is 5.80. The lowest BCUT2D eigenvalue weighted by atomic mass is 10.1. The first kappa shape index (κ1) is 15.1. The molecule has 0 bridgehead atoms. The van der Waals surface area contributed by atoms with Crippen LogP contribution in [0.25, 0.3) is 0 Å². The number of aliphatic hydroxyl groups excluding tert-OH is 1. The predicted octanol–water partition coefficient (Wildman–Crippen LogP) is 2.74. The van der Waals surface area contributed by atoms with Crippen LogP contribution in [-0.2, 0) is 0 Å². The SMILES string of the molecule is COc1cc(NC(=O)NC[C@H]2CCC[C@@H]2O)ccc1Br. The van der Waals surface area contributed by atoms with Gasteiger partial charge in [-0.05, 0) is 40.9 Å². The number of methoxy groups -OCH3 is 1. The Labute approximate surface area is 126 Å². The summed E-state index contributed by atoms with van der Waals surface area (Å²) in [6.07, 6.45) is 2.54. The van der Waals surface area contributed by atoms with E-state index in [9.17, 15) is 9.90 Å². The minimum absolute atomic E-state index is 0.167. The Morgan fingerprint density at radius 2 is 2.30 bits per heavy atom. The van der Waals surface area contributed by atoms with Crippen LogP contribution in [0.1, 0.15) is 19.3 Å². The molecular weight excluding hydrogens is 324 g/mol. The molecule has 20 heavy (non-hydrogen) atoms. The maximum absolute atomic E-state index is 11.8. The molecule has 110 valence electrons. The zero-order valence-corrected chi connectivity index (χ0v) is 12.9. The van der Waals surface area contributed by atoms with Gasteiger partial charge in [0.1, 0.15) is 5.75 Å². The fourth-order valence-corrected chi connectivity index (χ4v) is 2.80. The van der Waals surface area contributed by atoms with Crippen LogP contribution in [0.15, 0.2) is 22.7 Å². The number of rotatable bonds is 4. The molecule has 1 aromatic rings. The molecule has 3 N–H and O–H groups in total. The van der Waals surface area contributed by atoms with Crippen molar-refractivity contribution in [3.05, 3.63) is 22.7 Å². The van der Waals surface area contributed by atoms with Crippen molar-refractivity contribution in [3.63, 3.8) is 0 Å². The monoisotopic (exact) mass is 342 g/mol. The Morgan fingerprint density at radius 1 is 1.50 bits per heavy atom. The Hall–Kier alpha value is -1.27. The van der Waals surface area contributed by atoms with E-state index in [-0.39, 0.29) is 18.1 Å². The lowest BCUT2D eigenvalue weighted by molar-refractivity contribution is 0.133. The van der Waals surface area contributed by atoms with E-state index >= 15 is 0 Å². The van der Waals surface area contributed by atoms with Crippen molar-refractivity contribution in [1.29, 1.82) is 0 Å². The van der Waals surface area contributed by atoms with E-state index < -0.39 is 0 Å². The fraction of sp³-hybridized carbons (Fsp3) is 0.500. The van der Waals surface area contributed by atoms with Gasteiger partial charge in [0.2, 0.25) is 0 Å². The molecule has 1 aliphatic rings. The molecule has 6 heteroatoms. The van der Waals surface area contributed by atoms with Crippen LogP contribution >= 0.6 is 15.9 Å². The Bertz CT molecular complexity index is 481. The van der Waals surface area contributed by atoms with Crippen molar-refractivity contribution in [2.45, 2.75) is 25.4 Å². The molecule has 0 saturated heterocycles. The average molecular weight is 343 g/mol. The van der Waals surface area contributed by atoms with Crippen LogP contribution in [0.5, 0.6) is 5.75 Å². The smallest absolute Gasteiger partial charge is 0.319 e. The summed E-state index contributed by atoms with van der Waals surface area (Å²) in [6, 6.07) is 5.08. The number of halogens is 1. The highest BCUT2D eigenvalue weighted by atomic mass is 79.9. The van der Waals surface area contributed by atoms with E-state index in [1.165, 1.54) is 0 Å². The molecule has 1 aliphatic carbocycles. The van der Waals surface area contributed by atoms with Crippen molar-refractivity contribution < 1.29 is 14.6 Å². The molecule has 0 radical (unpaired) electrons. The number of carbonyl (C=O) groups is 1. The van der Waals surface area contributed by atoms with E-state index in [2.05, 4.69) is 26.6 Å². The summed E-state index contributed by atoms with van der Waals surface area (Å²) in [5.74, 6) is 0.828. The summed E-state index contributed by atoms with van der Waals surface area (Å²) >= 11 is 3.36. The summed E-state index contributed by atoms with van der Waals surface area (Å²) < 4.78 is 6.00. The largest absolute Gasteiger partial charge is 0.495 e. The minimum atomic E-state index is -0.289. The number of aliphatic hydroxyl groups is 1. The standard InChI is InChI=1S/C14H19BrN2O3/c1-20-13-7-10(5-6-11(13)15)17-14(19)16-8-9-3-2-4-12(9)18/h5-7,9,12,18H,2-4,8H2,1H3,(H2,16,17,19)/t9-,12+/m1/s1. The van der Waals surface area contributed by atoms with Gasteiger partial charge in [0.25, 0.3) is 0 Å². The van der Waals surface area contributed by atoms with Crippen molar-refractivity contribution in [2.24, 2.45) is 5.92 Å². The number of nitrogens with one attached hydrogen (secondary N) is 2. The summed E-state index contributed by atoms with van der Waals surface area (Å²) in [7, 11) is 1.57. The Balaban J connectivity index is 1.85. The number of hydrogen-bond acceptors (Lipinski definition) is 3. The van der Waals surface area contributed by atoms with Crippen LogP contribution in [-0.4, -0.2) is 30.9 Å². The molecule has 0 aromatic heterocycles. The number of anilines is 1. The molecule has 2 atom stereocenters. The number of benzene rings is 1. The highest BCUT2D eigenvalue weighted by molar-refractivity contribution is 9.10. The van der Waals surface area contributed by atoms with Gasteiger partial charge < -0.3 is 20.5 Å². The molecule has 1 saturated carbocycles. The van der Waals surface area contributed by atoms with Crippen LogP contribution in [0.4, 0.5) is 10.5 Å². The molecule has 2 amide bonds. The summed E-state index contributed by atoms with van der Waals surface area (Å²) in [4.78, 5) is 11.8. The third-order valence-electron chi connectivity index (χ3n) is 3.55. The second-order valence-electron chi connectivity index (χ2n) is 4.94. The van der Waals surface area contributed by atoms with E-state index in [1.807, 2.05) is 6.07 Å². The molecule has 0 unspecified atom stereocenters. The van der Waals surface area contributed by atoms with Gasteiger partial charge in [-0.25, -0.2) is 4.79 Å². The maximum atomic E-state index is 11.8. The highest BCUT2D eigenvalue weighted by Gasteiger charge is 2.25.